The van der Waals surface area contributed by atoms with E-state index in [1.807, 2.05) is 7.05 Å². The first-order valence-corrected chi connectivity index (χ1v) is 10.5. The van der Waals surface area contributed by atoms with Gasteiger partial charge in [0.2, 0.25) is 10.0 Å². The normalized spacial score (nSPS) is 11.4. The van der Waals surface area contributed by atoms with Crippen LogP contribution in [0.1, 0.15) is 28.9 Å². The summed E-state index contributed by atoms with van der Waals surface area (Å²) in [5, 5.41) is 5.57. The zero-order chi connectivity index (χ0) is 20.6. The quantitative estimate of drug-likeness (QED) is 0.503. The Kier molecular flexibility index (Phi) is 8.31. The van der Waals surface area contributed by atoms with Gasteiger partial charge in [-0.3, -0.25) is 9.78 Å². The molecule has 0 saturated heterocycles. The molecule has 0 aliphatic heterocycles. The van der Waals surface area contributed by atoms with Crippen LogP contribution in [0.5, 0.6) is 0 Å². The number of nitrogens with zero attached hydrogens (tertiary/aromatic N) is 1. The van der Waals surface area contributed by atoms with Crippen LogP contribution in [0, 0.1) is 5.82 Å². The minimum Gasteiger partial charge on any atom is -0.352 e. The number of sulfonamides is 1. The Labute approximate surface area is 168 Å². The second-order valence-electron chi connectivity index (χ2n) is 6.01. The van der Waals surface area contributed by atoms with Crippen molar-refractivity contribution < 1.29 is 17.6 Å². The van der Waals surface area contributed by atoms with Crippen LogP contribution in [0.2, 0.25) is 5.02 Å². The van der Waals surface area contributed by atoms with Crippen LogP contribution >= 0.6 is 11.6 Å². The lowest BCUT2D eigenvalue weighted by atomic mass is 10.2. The maximum atomic E-state index is 13.2. The standard InChI is InChI=1S/C18H22ClFN4O3S/c1-21-8-2-3-9-22-18(25)13-4-5-14(23-11-13)12-24-28(26,27)15-6-7-17(20)16(19)10-15/h4-7,10-11,21,24H,2-3,8-9,12H2,1H3,(H,22,25). The fraction of sp³-hybridized carbons (Fsp3) is 0.333. The van der Waals surface area contributed by atoms with Crippen molar-refractivity contribution in [1.29, 1.82) is 0 Å². The van der Waals surface area contributed by atoms with Gasteiger partial charge in [0, 0.05) is 12.7 Å². The summed E-state index contributed by atoms with van der Waals surface area (Å²) in [7, 11) is -1.99. The Morgan fingerprint density at radius 2 is 1.93 bits per heavy atom. The second kappa shape index (κ2) is 10.5. The summed E-state index contributed by atoms with van der Waals surface area (Å²) in [6, 6.07) is 6.30. The van der Waals surface area contributed by atoms with Gasteiger partial charge in [0.1, 0.15) is 5.82 Å². The SMILES string of the molecule is CNCCCCNC(=O)c1ccc(CNS(=O)(=O)c2ccc(F)c(Cl)c2)nc1. The molecule has 0 bridgehead atoms. The van der Waals surface area contributed by atoms with Gasteiger partial charge in [-0.15, -0.1) is 0 Å². The Hall–Kier alpha value is -2.07. The Morgan fingerprint density at radius 1 is 1.18 bits per heavy atom. The third-order valence-electron chi connectivity index (χ3n) is 3.87. The van der Waals surface area contributed by atoms with E-state index in [2.05, 4.69) is 20.3 Å². The molecule has 0 spiro atoms. The molecule has 3 N–H and O–H groups in total. The lowest BCUT2D eigenvalue weighted by Gasteiger charge is -2.08. The minimum absolute atomic E-state index is 0.0801. The van der Waals surface area contributed by atoms with Crippen molar-refractivity contribution >= 4 is 27.5 Å². The number of hydrogen-bond donors (Lipinski definition) is 3. The van der Waals surface area contributed by atoms with Gasteiger partial charge in [0.15, 0.2) is 0 Å². The lowest BCUT2D eigenvalue weighted by Crippen LogP contribution is -2.26. The Morgan fingerprint density at radius 3 is 2.57 bits per heavy atom. The predicted octanol–water partition coefficient (Wildman–Crippen LogP) is 2.08. The van der Waals surface area contributed by atoms with Crippen molar-refractivity contribution in [3.05, 3.63) is 58.6 Å². The molecule has 28 heavy (non-hydrogen) atoms. The molecule has 0 atom stereocenters. The third-order valence-corrected chi connectivity index (χ3v) is 5.56. The average Bonchev–Trinajstić information content (AvgIpc) is 2.68. The number of nitrogens with one attached hydrogen (secondary N) is 3. The molecule has 2 rings (SSSR count). The number of rotatable bonds is 10. The molecule has 1 amide bonds. The van der Waals surface area contributed by atoms with Gasteiger partial charge >= 0.3 is 0 Å². The van der Waals surface area contributed by atoms with Crippen LogP contribution < -0.4 is 15.4 Å². The molecule has 1 heterocycles. The van der Waals surface area contributed by atoms with Crippen molar-refractivity contribution in [3.8, 4) is 0 Å². The van der Waals surface area contributed by atoms with E-state index in [9.17, 15) is 17.6 Å². The van der Waals surface area contributed by atoms with Crippen LogP contribution in [0.15, 0.2) is 41.4 Å². The smallest absolute Gasteiger partial charge is 0.252 e. The summed E-state index contributed by atoms with van der Waals surface area (Å²) < 4.78 is 40.0. The summed E-state index contributed by atoms with van der Waals surface area (Å²) >= 11 is 5.62. The van der Waals surface area contributed by atoms with E-state index in [4.69, 9.17) is 11.6 Å². The number of carbonyl (C=O) groups is 1. The third kappa shape index (κ3) is 6.52. The first kappa shape index (κ1) is 22.2. The average molecular weight is 429 g/mol. The molecule has 1 aromatic carbocycles. The number of aromatic nitrogens is 1. The van der Waals surface area contributed by atoms with Crippen LogP contribution in [-0.2, 0) is 16.6 Å². The highest BCUT2D eigenvalue weighted by molar-refractivity contribution is 7.89. The van der Waals surface area contributed by atoms with E-state index in [0.29, 0.717) is 17.8 Å². The Balaban J connectivity index is 1.89. The van der Waals surface area contributed by atoms with Crippen molar-refractivity contribution in [3.63, 3.8) is 0 Å². The van der Waals surface area contributed by atoms with Crippen LogP contribution in [-0.4, -0.2) is 39.4 Å². The van der Waals surface area contributed by atoms with E-state index < -0.39 is 15.8 Å². The van der Waals surface area contributed by atoms with Gasteiger partial charge in [-0.25, -0.2) is 17.5 Å². The molecule has 2 aromatic rings. The van der Waals surface area contributed by atoms with Gasteiger partial charge in [-0.05, 0) is 56.8 Å². The van der Waals surface area contributed by atoms with Crippen molar-refractivity contribution in [2.24, 2.45) is 0 Å². The maximum absolute atomic E-state index is 13.2. The monoisotopic (exact) mass is 428 g/mol. The van der Waals surface area contributed by atoms with E-state index in [0.717, 1.165) is 37.6 Å². The lowest BCUT2D eigenvalue weighted by molar-refractivity contribution is 0.0952. The van der Waals surface area contributed by atoms with E-state index in [1.165, 1.54) is 6.20 Å². The first-order chi connectivity index (χ1) is 13.3. The van der Waals surface area contributed by atoms with Crippen LogP contribution in [0.25, 0.3) is 0 Å². The van der Waals surface area contributed by atoms with E-state index in [1.54, 1.807) is 12.1 Å². The summed E-state index contributed by atoms with van der Waals surface area (Å²) in [6.45, 7) is 1.39. The van der Waals surface area contributed by atoms with Crippen molar-refractivity contribution in [1.82, 2.24) is 20.3 Å². The van der Waals surface area contributed by atoms with E-state index >= 15 is 0 Å². The Bertz CT molecular complexity index is 908. The van der Waals surface area contributed by atoms with Gasteiger partial charge in [0.25, 0.3) is 5.91 Å². The molecular formula is C18H22ClFN4O3S. The molecule has 7 nitrogen and oxygen atoms in total. The van der Waals surface area contributed by atoms with Crippen molar-refractivity contribution in [2.75, 3.05) is 20.1 Å². The number of unbranched alkanes of at least 4 members (excludes halogenated alkanes) is 1. The molecule has 0 aliphatic rings. The number of hydrogen-bond acceptors (Lipinski definition) is 5. The summed E-state index contributed by atoms with van der Waals surface area (Å²) in [5.41, 5.74) is 0.827. The van der Waals surface area contributed by atoms with Gasteiger partial charge in [-0.2, -0.15) is 0 Å². The fourth-order valence-corrected chi connectivity index (χ4v) is 3.56. The predicted molar refractivity (Wildman–Crippen MR) is 105 cm³/mol. The van der Waals surface area contributed by atoms with Gasteiger partial charge in [0.05, 0.1) is 27.7 Å². The molecule has 0 radical (unpaired) electrons. The highest BCUT2D eigenvalue weighted by Gasteiger charge is 2.16. The highest BCUT2D eigenvalue weighted by Crippen LogP contribution is 2.19. The summed E-state index contributed by atoms with van der Waals surface area (Å²) in [5.74, 6) is -0.928. The fourth-order valence-electron chi connectivity index (χ4n) is 2.29. The van der Waals surface area contributed by atoms with Gasteiger partial charge in [-0.1, -0.05) is 11.6 Å². The molecule has 0 fully saturated rings. The topological polar surface area (TPSA) is 100 Å². The number of halogens is 2. The summed E-state index contributed by atoms with van der Waals surface area (Å²) in [4.78, 5) is 16.0. The molecular weight excluding hydrogens is 407 g/mol. The molecule has 152 valence electrons. The molecule has 10 heteroatoms. The zero-order valence-electron chi connectivity index (χ0n) is 15.3. The van der Waals surface area contributed by atoms with E-state index in [-0.39, 0.29) is 22.4 Å². The molecule has 1 aromatic heterocycles. The molecule has 0 aliphatic carbocycles. The van der Waals surface area contributed by atoms with Crippen molar-refractivity contribution in [2.45, 2.75) is 24.3 Å². The number of carbonyl (C=O) groups excluding carboxylic acids is 1. The first-order valence-electron chi connectivity index (χ1n) is 8.66. The molecule has 0 unspecified atom stereocenters. The largest absolute Gasteiger partial charge is 0.352 e. The number of benzene rings is 1. The zero-order valence-corrected chi connectivity index (χ0v) is 16.9. The van der Waals surface area contributed by atoms with Crippen LogP contribution in [0.3, 0.4) is 0 Å². The second-order valence-corrected chi connectivity index (χ2v) is 8.18. The molecule has 0 saturated carbocycles. The minimum atomic E-state index is -3.87. The highest BCUT2D eigenvalue weighted by atomic mass is 35.5. The maximum Gasteiger partial charge on any atom is 0.252 e. The van der Waals surface area contributed by atoms with Gasteiger partial charge < -0.3 is 10.6 Å². The van der Waals surface area contributed by atoms with Crippen LogP contribution in [0.4, 0.5) is 4.39 Å². The number of pyridine rings is 1. The number of amides is 1. The summed E-state index contributed by atoms with van der Waals surface area (Å²) in [6.07, 6.45) is 3.22.